The highest BCUT2D eigenvalue weighted by Gasteiger charge is 2.40. The summed E-state index contributed by atoms with van der Waals surface area (Å²) in [6, 6.07) is 9.19. The number of hydrogen-bond donors (Lipinski definition) is 2. The molecule has 27 heavy (non-hydrogen) atoms. The van der Waals surface area contributed by atoms with Crippen molar-refractivity contribution in [2.45, 2.75) is 44.6 Å². The van der Waals surface area contributed by atoms with E-state index in [1.165, 1.54) is 42.1 Å². The first-order chi connectivity index (χ1) is 13.3. The Hall–Kier alpha value is -2.69. The summed E-state index contributed by atoms with van der Waals surface area (Å²) >= 11 is 0. The molecule has 3 aliphatic rings. The van der Waals surface area contributed by atoms with Crippen molar-refractivity contribution in [2.24, 2.45) is 16.8 Å². The number of H-pyrrole nitrogens is 1. The van der Waals surface area contributed by atoms with Gasteiger partial charge in [0, 0.05) is 36.8 Å². The zero-order valence-electron chi connectivity index (χ0n) is 15.3. The topological polar surface area (TPSA) is 66.0 Å². The summed E-state index contributed by atoms with van der Waals surface area (Å²) in [7, 11) is 0. The Morgan fingerprint density at radius 1 is 1.11 bits per heavy atom. The van der Waals surface area contributed by atoms with Gasteiger partial charge < -0.3 is 10.3 Å². The number of fused-ring (bicyclic) bond motifs is 4. The molecule has 3 heterocycles. The van der Waals surface area contributed by atoms with Gasteiger partial charge in [0.15, 0.2) is 5.82 Å². The third-order valence-electron chi connectivity index (χ3n) is 6.55. The lowest BCUT2D eigenvalue weighted by Crippen LogP contribution is -2.26. The second-order valence-electron chi connectivity index (χ2n) is 8.30. The average molecular weight is 357 g/mol. The van der Waals surface area contributed by atoms with E-state index in [1.54, 1.807) is 0 Å². The second kappa shape index (κ2) is 5.91. The molecular weight excluding hydrogens is 334 g/mol. The molecule has 5 heteroatoms. The van der Waals surface area contributed by atoms with Crippen molar-refractivity contribution in [3.63, 3.8) is 0 Å². The molecule has 2 aromatic heterocycles. The van der Waals surface area contributed by atoms with E-state index in [0.717, 1.165) is 47.7 Å². The molecule has 2 aliphatic carbocycles. The van der Waals surface area contributed by atoms with Gasteiger partial charge in [0.1, 0.15) is 11.5 Å². The van der Waals surface area contributed by atoms with Crippen LogP contribution in [0.4, 0.5) is 11.5 Å². The number of nitrogens with one attached hydrogen (secondary N) is 2. The molecule has 2 N–H and O–H groups in total. The molecule has 5 nitrogen and oxygen atoms in total. The van der Waals surface area contributed by atoms with Crippen LogP contribution in [0.5, 0.6) is 0 Å². The third-order valence-corrected chi connectivity index (χ3v) is 6.55. The summed E-state index contributed by atoms with van der Waals surface area (Å²) in [5.74, 6) is 3.56. The van der Waals surface area contributed by atoms with Crippen molar-refractivity contribution >= 4 is 28.6 Å². The Morgan fingerprint density at radius 3 is 3.00 bits per heavy atom. The van der Waals surface area contributed by atoms with Gasteiger partial charge in [-0.05, 0) is 60.2 Å². The molecule has 136 valence electrons. The zero-order valence-corrected chi connectivity index (χ0v) is 15.3. The number of aromatic amines is 1. The molecule has 0 saturated heterocycles. The van der Waals surface area contributed by atoms with Crippen molar-refractivity contribution in [3.05, 3.63) is 47.5 Å². The van der Waals surface area contributed by atoms with E-state index in [-0.39, 0.29) is 0 Å². The molecule has 0 radical (unpaired) electrons. The van der Waals surface area contributed by atoms with Crippen LogP contribution in [-0.2, 0) is 12.8 Å². The summed E-state index contributed by atoms with van der Waals surface area (Å²) in [6.07, 6.45) is 10.9. The fraction of sp³-hybridized carbons (Fsp3) is 0.409. The monoisotopic (exact) mass is 357 g/mol. The van der Waals surface area contributed by atoms with Crippen molar-refractivity contribution in [2.75, 3.05) is 5.32 Å². The van der Waals surface area contributed by atoms with E-state index in [0.29, 0.717) is 6.04 Å². The van der Waals surface area contributed by atoms with Gasteiger partial charge in [-0.3, -0.25) is 4.99 Å². The molecule has 0 amide bonds. The first-order valence-corrected chi connectivity index (χ1v) is 10.1. The lowest BCUT2D eigenvalue weighted by atomic mass is 9.95. The summed E-state index contributed by atoms with van der Waals surface area (Å²) in [4.78, 5) is 17.5. The van der Waals surface area contributed by atoms with Gasteiger partial charge in [-0.15, -0.1) is 0 Å². The van der Waals surface area contributed by atoms with Gasteiger partial charge in [0.2, 0.25) is 0 Å². The van der Waals surface area contributed by atoms with Crippen LogP contribution in [0, 0.1) is 11.8 Å². The van der Waals surface area contributed by atoms with E-state index >= 15 is 0 Å². The molecule has 2 saturated carbocycles. The first-order valence-electron chi connectivity index (χ1n) is 10.1. The molecule has 6 rings (SSSR count). The highest BCUT2D eigenvalue weighted by Crippen LogP contribution is 2.46. The minimum atomic E-state index is 0.558. The minimum absolute atomic E-state index is 0.558. The van der Waals surface area contributed by atoms with Crippen LogP contribution >= 0.6 is 0 Å². The van der Waals surface area contributed by atoms with Gasteiger partial charge in [0.05, 0.1) is 5.69 Å². The first kappa shape index (κ1) is 15.4. The quantitative estimate of drug-likeness (QED) is 0.727. The summed E-state index contributed by atoms with van der Waals surface area (Å²) in [5.41, 5.74) is 4.43. The van der Waals surface area contributed by atoms with Gasteiger partial charge in [-0.25, -0.2) is 9.97 Å². The molecule has 2 bridgehead atoms. The maximum atomic E-state index is 4.91. The Balaban J connectivity index is 1.31. The van der Waals surface area contributed by atoms with E-state index in [9.17, 15) is 0 Å². The van der Waals surface area contributed by atoms with Crippen molar-refractivity contribution in [3.8, 4) is 0 Å². The van der Waals surface area contributed by atoms with Gasteiger partial charge in [-0.1, -0.05) is 12.5 Å². The van der Waals surface area contributed by atoms with Crippen LogP contribution in [0.15, 0.2) is 35.5 Å². The number of rotatable bonds is 4. The van der Waals surface area contributed by atoms with E-state index in [4.69, 9.17) is 9.97 Å². The fourth-order valence-electron chi connectivity index (χ4n) is 5.23. The molecule has 3 atom stereocenters. The van der Waals surface area contributed by atoms with Crippen LogP contribution in [0.25, 0.3) is 10.9 Å². The second-order valence-corrected chi connectivity index (χ2v) is 8.30. The third kappa shape index (κ3) is 2.64. The number of hydrogen-bond acceptors (Lipinski definition) is 4. The molecule has 0 spiro atoms. The van der Waals surface area contributed by atoms with Gasteiger partial charge in [-0.2, -0.15) is 0 Å². The van der Waals surface area contributed by atoms with Crippen LogP contribution < -0.4 is 5.32 Å². The highest BCUT2D eigenvalue weighted by atomic mass is 15.1. The number of anilines is 1. The SMILES string of the molecule is C1=Nc2c(nc(Cc3ccc4[nH]ccc4c3)nc2NC2CC3CCC2C3)C1. The average Bonchev–Trinajstić information content (AvgIpc) is 3.45. The fourth-order valence-corrected chi connectivity index (χ4v) is 5.23. The van der Waals surface area contributed by atoms with Crippen molar-refractivity contribution in [1.82, 2.24) is 15.0 Å². The van der Waals surface area contributed by atoms with Crippen molar-refractivity contribution < 1.29 is 0 Å². The number of aliphatic imine (C=N–C) groups is 1. The molecule has 3 unspecified atom stereocenters. The molecule has 2 fully saturated rings. The summed E-state index contributed by atoms with van der Waals surface area (Å²) in [5, 5.41) is 4.99. The number of aromatic nitrogens is 3. The molecular formula is C22H23N5. The largest absolute Gasteiger partial charge is 0.365 e. The minimum Gasteiger partial charge on any atom is -0.365 e. The van der Waals surface area contributed by atoms with Crippen LogP contribution in [0.2, 0.25) is 0 Å². The van der Waals surface area contributed by atoms with E-state index in [2.05, 4.69) is 39.6 Å². The number of benzene rings is 1. The van der Waals surface area contributed by atoms with E-state index < -0.39 is 0 Å². The van der Waals surface area contributed by atoms with Gasteiger partial charge >= 0.3 is 0 Å². The lowest BCUT2D eigenvalue weighted by molar-refractivity contribution is 0.439. The summed E-state index contributed by atoms with van der Waals surface area (Å²) in [6.45, 7) is 0. The lowest BCUT2D eigenvalue weighted by Gasteiger charge is -2.24. The molecule has 3 aromatic rings. The maximum absolute atomic E-state index is 4.91. The van der Waals surface area contributed by atoms with Crippen LogP contribution in [0.1, 0.15) is 42.8 Å². The number of nitrogens with zero attached hydrogens (tertiary/aromatic N) is 3. The normalized spacial score (nSPS) is 25.4. The summed E-state index contributed by atoms with van der Waals surface area (Å²) < 4.78 is 0. The van der Waals surface area contributed by atoms with Crippen molar-refractivity contribution in [1.29, 1.82) is 0 Å². The molecule has 1 aliphatic heterocycles. The predicted molar refractivity (Wildman–Crippen MR) is 108 cm³/mol. The standard InChI is InChI=1S/C22H23N5/c1-3-15-9-13(1)11-19(15)26-22-21-18(6-8-24-21)25-20(27-22)12-14-2-4-17-16(10-14)5-7-23-17/h2,4-5,7-8,10,13,15,19,23H,1,3,6,9,11-12H2,(H,25,26,27). The molecule has 1 aromatic carbocycles. The van der Waals surface area contributed by atoms with E-state index in [1.807, 2.05) is 12.4 Å². The Labute approximate surface area is 158 Å². The zero-order chi connectivity index (χ0) is 17.8. The Morgan fingerprint density at radius 2 is 2.11 bits per heavy atom. The van der Waals surface area contributed by atoms with Crippen LogP contribution in [-0.4, -0.2) is 27.2 Å². The Kier molecular flexibility index (Phi) is 3.37. The smallest absolute Gasteiger partial charge is 0.156 e. The maximum Gasteiger partial charge on any atom is 0.156 e. The van der Waals surface area contributed by atoms with Gasteiger partial charge in [0.25, 0.3) is 0 Å². The Bertz CT molecular complexity index is 1050. The highest BCUT2D eigenvalue weighted by molar-refractivity contribution is 5.81. The predicted octanol–water partition coefficient (Wildman–Crippen LogP) is 4.41. The van der Waals surface area contributed by atoms with Crippen LogP contribution in [0.3, 0.4) is 0 Å².